The minimum absolute atomic E-state index is 0.0197. The predicted octanol–water partition coefficient (Wildman–Crippen LogP) is 5.17. The van der Waals surface area contributed by atoms with E-state index in [4.69, 9.17) is 4.52 Å². The van der Waals surface area contributed by atoms with Crippen LogP contribution in [-0.2, 0) is 6.54 Å². The third kappa shape index (κ3) is 4.69. The van der Waals surface area contributed by atoms with Crippen LogP contribution in [0.1, 0.15) is 46.7 Å². The number of thiophene rings is 1. The molecule has 5 aromatic rings. The maximum atomic E-state index is 13.3. The van der Waals surface area contributed by atoms with E-state index >= 15 is 0 Å². The zero-order valence-corrected chi connectivity index (χ0v) is 20.2. The molecule has 1 unspecified atom stereocenters. The number of rotatable bonds is 7. The summed E-state index contributed by atoms with van der Waals surface area (Å²) in [7, 11) is 0. The fourth-order valence-corrected chi connectivity index (χ4v) is 4.86. The minimum atomic E-state index is -0.456. The van der Waals surface area contributed by atoms with E-state index in [2.05, 4.69) is 25.5 Å². The maximum Gasteiger partial charge on any atom is 0.262 e. The van der Waals surface area contributed by atoms with E-state index in [1.165, 1.54) is 23.5 Å². The summed E-state index contributed by atoms with van der Waals surface area (Å²) in [5.41, 5.74) is 2.49. The van der Waals surface area contributed by atoms with E-state index in [9.17, 15) is 9.18 Å². The summed E-state index contributed by atoms with van der Waals surface area (Å²) in [6, 6.07) is 11.4. The number of halogens is 1. The first-order valence-corrected chi connectivity index (χ1v) is 12.0. The van der Waals surface area contributed by atoms with Gasteiger partial charge in [0.15, 0.2) is 0 Å². The molecule has 0 saturated carbocycles. The first-order chi connectivity index (χ1) is 16.9. The highest BCUT2D eigenvalue weighted by atomic mass is 32.1. The van der Waals surface area contributed by atoms with Crippen LogP contribution in [0.5, 0.6) is 0 Å². The smallest absolute Gasteiger partial charge is 0.262 e. The van der Waals surface area contributed by atoms with Gasteiger partial charge in [0.2, 0.25) is 11.7 Å². The lowest BCUT2D eigenvalue weighted by molar-refractivity contribution is 0.0918. The number of hydrogen-bond donors (Lipinski definition) is 1. The van der Waals surface area contributed by atoms with E-state index in [1.54, 1.807) is 30.6 Å². The summed E-state index contributed by atoms with van der Waals surface area (Å²) in [4.78, 5) is 23.2. The number of nitrogens with one attached hydrogen (secondary N) is 1. The van der Waals surface area contributed by atoms with Crippen molar-refractivity contribution in [1.29, 1.82) is 0 Å². The number of aryl methyl sites for hydroxylation is 1. The lowest BCUT2D eigenvalue weighted by Crippen LogP contribution is -2.31. The van der Waals surface area contributed by atoms with Crippen LogP contribution in [0.25, 0.3) is 21.6 Å². The SMILES string of the molecule is Cc1nn(Cc2ccc(F)cc2)c2sc(C(=O)NC(c3nc(-c4cccnc4)no3)C(C)C)cc12. The Balaban J connectivity index is 1.38. The van der Waals surface area contributed by atoms with Crippen LogP contribution in [0, 0.1) is 18.7 Å². The van der Waals surface area contributed by atoms with E-state index in [1.807, 2.05) is 37.6 Å². The van der Waals surface area contributed by atoms with Gasteiger partial charge in [0, 0.05) is 23.3 Å². The van der Waals surface area contributed by atoms with Crippen molar-refractivity contribution in [3.05, 3.63) is 82.7 Å². The lowest BCUT2D eigenvalue weighted by Gasteiger charge is -2.17. The molecule has 178 valence electrons. The number of carbonyl (C=O) groups is 1. The largest absolute Gasteiger partial charge is 0.339 e. The third-order valence-corrected chi connectivity index (χ3v) is 6.80. The molecule has 0 aliphatic carbocycles. The van der Waals surface area contributed by atoms with Gasteiger partial charge in [0.25, 0.3) is 5.91 Å². The summed E-state index contributed by atoms with van der Waals surface area (Å²) < 4.78 is 20.6. The fourth-order valence-electron chi connectivity index (χ4n) is 3.79. The second kappa shape index (κ2) is 9.38. The first kappa shape index (κ1) is 22.9. The average Bonchev–Trinajstić information content (AvgIpc) is 3.57. The Morgan fingerprint density at radius 1 is 1.23 bits per heavy atom. The molecule has 0 fully saturated rings. The average molecular weight is 491 g/mol. The Bertz CT molecular complexity index is 1470. The van der Waals surface area contributed by atoms with Gasteiger partial charge >= 0.3 is 0 Å². The standard InChI is InChI=1S/C25H23FN6O2S/c1-14(2)21(24-29-22(31-34-24)17-5-4-10-27-12-17)28-23(33)20-11-19-15(3)30-32(25(19)35-20)13-16-6-8-18(26)9-7-16/h4-12,14,21H,13H2,1-3H3,(H,28,33). The highest BCUT2D eigenvalue weighted by Crippen LogP contribution is 2.30. The number of benzene rings is 1. The van der Waals surface area contributed by atoms with Gasteiger partial charge in [-0.2, -0.15) is 10.1 Å². The highest BCUT2D eigenvalue weighted by Gasteiger charge is 2.27. The van der Waals surface area contributed by atoms with E-state index in [0.717, 1.165) is 27.0 Å². The Morgan fingerprint density at radius 2 is 2.03 bits per heavy atom. The molecule has 4 aromatic heterocycles. The van der Waals surface area contributed by atoms with Crippen molar-refractivity contribution in [3.8, 4) is 11.4 Å². The normalized spacial score (nSPS) is 12.4. The maximum absolute atomic E-state index is 13.3. The van der Waals surface area contributed by atoms with Gasteiger partial charge in [0.05, 0.1) is 17.1 Å². The van der Waals surface area contributed by atoms with Crippen LogP contribution >= 0.6 is 11.3 Å². The monoisotopic (exact) mass is 490 g/mol. The number of aromatic nitrogens is 5. The van der Waals surface area contributed by atoms with Crippen molar-refractivity contribution in [3.63, 3.8) is 0 Å². The molecule has 0 radical (unpaired) electrons. The topological polar surface area (TPSA) is 98.7 Å². The molecular weight excluding hydrogens is 467 g/mol. The molecule has 0 aliphatic rings. The molecule has 1 aromatic carbocycles. The van der Waals surface area contributed by atoms with Crippen molar-refractivity contribution in [2.24, 2.45) is 5.92 Å². The molecule has 1 atom stereocenters. The molecular formula is C25H23FN6O2S. The van der Waals surface area contributed by atoms with Crippen LogP contribution in [-0.4, -0.2) is 30.8 Å². The Hall–Kier alpha value is -3.92. The molecule has 10 heteroatoms. The summed E-state index contributed by atoms with van der Waals surface area (Å²) in [5.74, 6) is 0.280. The van der Waals surface area contributed by atoms with Crippen molar-refractivity contribution < 1.29 is 13.7 Å². The molecule has 8 nitrogen and oxygen atoms in total. The fraction of sp³-hybridized carbons (Fsp3) is 0.240. The molecule has 0 aliphatic heterocycles. The molecule has 0 spiro atoms. The molecule has 0 bridgehead atoms. The van der Waals surface area contributed by atoms with E-state index in [-0.39, 0.29) is 17.6 Å². The van der Waals surface area contributed by atoms with Gasteiger partial charge in [-0.1, -0.05) is 31.1 Å². The Kier molecular flexibility index (Phi) is 6.12. The molecule has 4 heterocycles. The molecule has 0 saturated heterocycles. The molecule has 1 amide bonds. The van der Waals surface area contributed by atoms with Gasteiger partial charge in [-0.05, 0) is 48.7 Å². The van der Waals surface area contributed by atoms with Gasteiger partial charge in [-0.15, -0.1) is 11.3 Å². The van der Waals surface area contributed by atoms with E-state index in [0.29, 0.717) is 23.1 Å². The molecule has 5 rings (SSSR count). The second-order valence-electron chi connectivity index (χ2n) is 8.59. The summed E-state index contributed by atoms with van der Waals surface area (Å²) in [6.07, 6.45) is 3.33. The second-order valence-corrected chi connectivity index (χ2v) is 9.62. The Labute approximate surface area is 204 Å². The number of fused-ring (bicyclic) bond motifs is 1. The van der Waals surface area contributed by atoms with Gasteiger partial charge in [0.1, 0.15) is 16.7 Å². The van der Waals surface area contributed by atoms with Crippen LogP contribution in [0.3, 0.4) is 0 Å². The van der Waals surface area contributed by atoms with E-state index < -0.39 is 6.04 Å². The van der Waals surface area contributed by atoms with Gasteiger partial charge in [-0.3, -0.25) is 14.5 Å². The number of carbonyl (C=O) groups excluding carboxylic acids is 1. The van der Waals surface area contributed by atoms with Crippen LogP contribution in [0.4, 0.5) is 4.39 Å². The van der Waals surface area contributed by atoms with Crippen LogP contribution < -0.4 is 5.32 Å². The number of amides is 1. The number of pyridine rings is 1. The summed E-state index contributed by atoms with van der Waals surface area (Å²) >= 11 is 1.37. The summed E-state index contributed by atoms with van der Waals surface area (Å²) in [5, 5.41) is 12.6. The van der Waals surface area contributed by atoms with Crippen LogP contribution in [0.2, 0.25) is 0 Å². The van der Waals surface area contributed by atoms with Crippen molar-refractivity contribution in [1.82, 2.24) is 30.2 Å². The van der Waals surface area contributed by atoms with Gasteiger partial charge in [-0.25, -0.2) is 4.39 Å². The number of hydrogen-bond acceptors (Lipinski definition) is 7. The third-order valence-electron chi connectivity index (χ3n) is 5.66. The van der Waals surface area contributed by atoms with Crippen molar-refractivity contribution in [2.45, 2.75) is 33.4 Å². The molecule has 35 heavy (non-hydrogen) atoms. The zero-order chi connectivity index (χ0) is 24.5. The quantitative estimate of drug-likeness (QED) is 0.338. The minimum Gasteiger partial charge on any atom is -0.339 e. The molecule has 1 N–H and O–H groups in total. The first-order valence-electron chi connectivity index (χ1n) is 11.2. The van der Waals surface area contributed by atoms with Crippen molar-refractivity contribution >= 4 is 27.5 Å². The highest BCUT2D eigenvalue weighted by molar-refractivity contribution is 7.20. The van der Waals surface area contributed by atoms with Gasteiger partial charge < -0.3 is 9.84 Å². The zero-order valence-electron chi connectivity index (χ0n) is 19.4. The van der Waals surface area contributed by atoms with Crippen LogP contribution in [0.15, 0.2) is 59.4 Å². The summed E-state index contributed by atoms with van der Waals surface area (Å²) in [6.45, 7) is 6.36. The predicted molar refractivity (Wildman–Crippen MR) is 130 cm³/mol. The number of nitrogens with zero attached hydrogens (tertiary/aromatic N) is 5. The van der Waals surface area contributed by atoms with Crippen molar-refractivity contribution in [2.75, 3.05) is 0 Å². The Morgan fingerprint density at radius 3 is 2.74 bits per heavy atom. The lowest BCUT2D eigenvalue weighted by atomic mass is 10.0.